The normalized spacial score (nSPS) is 18.9. The molecule has 156 valence electrons. The zero-order chi connectivity index (χ0) is 21.3. The molecule has 0 bridgehead atoms. The minimum absolute atomic E-state index is 0.179. The van der Waals surface area contributed by atoms with Gasteiger partial charge in [-0.05, 0) is 55.3 Å². The number of carbonyl (C=O) groups is 1. The largest absolute Gasteiger partial charge is 0.391 e. The van der Waals surface area contributed by atoms with E-state index in [-0.39, 0.29) is 23.5 Å². The van der Waals surface area contributed by atoms with E-state index in [9.17, 15) is 14.3 Å². The predicted octanol–water partition coefficient (Wildman–Crippen LogP) is 5.02. The van der Waals surface area contributed by atoms with Gasteiger partial charge in [-0.25, -0.2) is 9.37 Å². The molecule has 0 radical (unpaired) electrons. The zero-order valence-corrected chi connectivity index (χ0v) is 17.5. The van der Waals surface area contributed by atoms with Gasteiger partial charge in [0, 0.05) is 22.5 Å². The Labute approximate surface area is 183 Å². The molecule has 1 aliphatic rings. The average Bonchev–Trinajstić information content (AvgIpc) is 3.15. The Morgan fingerprint density at radius 1 is 1.13 bits per heavy atom. The van der Waals surface area contributed by atoms with Crippen molar-refractivity contribution in [1.82, 2.24) is 14.9 Å². The topological polar surface area (TPSA) is 67.2 Å². The van der Waals surface area contributed by atoms with Crippen LogP contribution < -0.4 is 5.32 Å². The van der Waals surface area contributed by atoms with Crippen LogP contribution in [0, 0.1) is 5.82 Å². The highest BCUT2D eigenvalue weighted by Crippen LogP contribution is 2.31. The third-order valence-electron chi connectivity index (χ3n) is 5.26. The number of hydrogen-bond acceptors (Lipinski definition) is 3. The Morgan fingerprint density at radius 3 is 2.57 bits per heavy atom. The summed E-state index contributed by atoms with van der Waals surface area (Å²) in [5.74, 6) is -0.319. The van der Waals surface area contributed by atoms with Crippen LogP contribution >= 0.6 is 23.2 Å². The van der Waals surface area contributed by atoms with Crippen LogP contribution in [0.15, 0.2) is 48.7 Å². The third kappa shape index (κ3) is 4.36. The van der Waals surface area contributed by atoms with Gasteiger partial charge in [0.1, 0.15) is 17.3 Å². The third-order valence-corrected chi connectivity index (χ3v) is 5.81. The number of nitrogens with one attached hydrogen (secondary N) is 1. The van der Waals surface area contributed by atoms with Crippen molar-refractivity contribution in [1.29, 1.82) is 0 Å². The van der Waals surface area contributed by atoms with Crippen LogP contribution in [0.5, 0.6) is 0 Å². The van der Waals surface area contributed by atoms with Gasteiger partial charge < -0.3 is 10.4 Å². The number of imidazole rings is 1. The summed E-state index contributed by atoms with van der Waals surface area (Å²) in [6, 6.07) is 10.6. The van der Waals surface area contributed by atoms with E-state index in [4.69, 9.17) is 23.2 Å². The molecule has 0 aliphatic heterocycles. The van der Waals surface area contributed by atoms with E-state index in [2.05, 4.69) is 10.3 Å². The van der Waals surface area contributed by atoms with E-state index in [0.717, 1.165) is 19.3 Å². The van der Waals surface area contributed by atoms with Gasteiger partial charge in [0.25, 0.3) is 5.91 Å². The molecule has 1 amide bonds. The molecule has 4 rings (SSSR count). The molecule has 0 spiro atoms. The number of aromatic nitrogens is 2. The fourth-order valence-electron chi connectivity index (χ4n) is 3.67. The van der Waals surface area contributed by atoms with Gasteiger partial charge in [-0.2, -0.15) is 0 Å². The number of amides is 1. The number of aliphatic hydroxyl groups is 1. The lowest BCUT2D eigenvalue weighted by Gasteiger charge is -2.27. The van der Waals surface area contributed by atoms with Crippen molar-refractivity contribution < 1.29 is 14.3 Å². The van der Waals surface area contributed by atoms with Gasteiger partial charge in [-0.3, -0.25) is 9.36 Å². The van der Waals surface area contributed by atoms with Gasteiger partial charge >= 0.3 is 0 Å². The fourth-order valence-corrected chi connectivity index (χ4v) is 4.16. The van der Waals surface area contributed by atoms with Gasteiger partial charge in [-0.1, -0.05) is 36.0 Å². The van der Waals surface area contributed by atoms with Gasteiger partial charge in [0.2, 0.25) is 0 Å². The average molecular weight is 448 g/mol. The summed E-state index contributed by atoms with van der Waals surface area (Å²) in [5, 5.41) is 13.9. The second-order valence-electron chi connectivity index (χ2n) is 7.35. The molecular weight excluding hydrogens is 428 g/mol. The second-order valence-corrected chi connectivity index (χ2v) is 8.20. The van der Waals surface area contributed by atoms with E-state index in [0.29, 0.717) is 33.5 Å². The molecule has 0 saturated heterocycles. The van der Waals surface area contributed by atoms with E-state index in [1.165, 1.54) is 12.1 Å². The molecule has 2 atom stereocenters. The zero-order valence-electron chi connectivity index (χ0n) is 16.0. The second kappa shape index (κ2) is 8.76. The van der Waals surface area contributed by atoms with E-state index in [1.54, 1.807) is 41.1 Å². The lowest BCUT2D eigenvalue weighted by molar-refractivity contribution is 0.0714. The summed E-state index contributed by atoms with van der Waals surface area (Å²) in [6.45, 7) is 0. The summed E-state index contributed by atoms with van der Waals surface area (Å²) in [7, 11) is 0. The number of rotatable bonds is 4. The molecule has 0 unspecified atom stereocenters. The van der Waals surface area contributed by atoms with Gasteiger partial charge in [0.15, 0.2) is 0 Å². The van der Waals surface area contributed by atoms with Crippen molar-refractivity contribution in [3.05, 3.63) is 70.2 Å². The first-order valence-corrected chi connectivity index (χ1v) is 10.5. The van der Waals surface area contributed by atoms with Crippen LogP contribution in [0.2, 0.25) is 10.0 Å². The molecule has 5 nitrogen and oxygen atoms in total. The number of carbonyl (C=O) groups excluding carboxylic acids is 1. The SMILES string of the molecule is O=C(N[C@H]1CCCC[C@@H]1O)c1cn(-c2ccc(F)cc2)c(-c2ccc(Cl)cc2Cl)n1. The van der Waals surface area contributed by atoms with E-state index in [1.807, 2.05) is 0 Å². The fraction of sp³-hybridized carbons (Fsp3) is 0.273. The van der Waals surface area contributed by atoms with Crippen molar-refractivity contribution in [3.63, 3.8) is 0 Å². The van der Waals surface area contributed by atoms with Gasteiger partial charge in [0.05, 0.1) is 17.2 Å². The van der Waals surface area contributed by atoms with Crippen LogP contribution in [0.25, 0.3) is 17.1 Å². The number of hydrogen-bond donors (Lipinski definition) is 2. The minimum Gasteiger partial charge on any atom is -0.391 e. The highest BCUT2D eigenvalue weighted by Gasteiger charge is 2.26. The standard InChI is InChI=1S/C22H20Cl2FN3O2/c23-13-5-10-16(17(24)11-13)21-26-19(12-28(21)15-8-6-14(25)7-9-15)22(30)27-18-3-1-2-4-20(18)29/h5-12,18,20,29H,1-4H2,(H,27,30)/t18-,20-/m0/s1. The summed E-state index contributed by atoms with van der Waals surface area (Å²) < 4.78 is 15.1. The van der Waals surface area contributed by atoms with E-state index < -0.39 is 6.10 Å². The molecule has 1 saturated carbocycles. The smallest absolute Gasteiger partial charge is 0.271 e. The summed E-state index contributed by atoms with van der Waals surface area (Å²) in [6.07, 6.45) is 4.32. The van der Waals surface area contributed by atoms with Crippen LogP contribution in [-0.4, -0.2) is 32.7 Å². The maximum atomic E-state index is 13.4. The molecule has 3 aromatic rings. The quantitative estimate of drug-likeness (QED) is 0.589. The summed E-state index contributed by atoms with van der Waals surface area (Å²) in [5.41, 5.74) is 1.39. The van der Waals surface area contributed by atoms with Crippen molar-refractivity contribution in [2.75, 3.05) is 0 Å². The molecule has 1 fully saturated rings. The molecule has 1 aliphatic carbocycles. The number of halogens is 3. The van der Waals surface area contributed by atoms with Crippen molar-refractivity contribution in [3.8, 4) is 17.1 Å². The van der Waals surface area contributed by atoms with E-state index >= 15 is 0 Å². The Hall–Kier alpha value is -2.41. The number of aliphatic hydroxyl groups excluding tert-OH is 1. The predicted molar refractivity (Wildman–Crippen MR) is 115 cm³/mol. The highest BCUT2D eigenvalue weighted by molar-refractivity contribution is 6.36. The van der Waals surface area contributed by atoms with Crippen LogP contribution in [-0.2, 0) is 0 Å². The van der Waals surface area contributed by atoms with Gasteiger partial charge in [-0.15, -0.1) is 0 Å². The monoisotopic (exact) mass is 447 g/mol. The molecule has 8 heteroatoms. The minimum atomic E-state index is -0.563. The first-order valence-electron chi connectivity index (χ1n) is 9.72. The maximum Gasteiger partial charge on any atom is 0.271 e. The molecule has 1 heterocycles. The Bertz CT molecular complexity index is 1070. The van der Waals surface area contributed by atoms with Crippen molar-refractivity contribution in [2.24, 2.45) is 0 Å². The van der Waals surface area contributed by atoms with Crippen LogP contribution in [0.1, 0.15) is 36.2 Å². The highest BCUT2D eigenvalue weighted by atomic mass is 35.5. The molecule has 2 N–H and O–H groups in total. The molecule has 1 aromatic heterocycles. The summed E-state index contributed by atoms with van der Waals surface area (Å²) in [4.78, 5) is 17.4. The summed E-state index contributed by atoms with van der Waals surface area (Å²) >= 11 is 12.4. The lowest BCUT2D eigenvalue weighted by atomic mass is 9.92. The van der Waals surface area contributed by atoms with Crippen molar-refractivity contribution in [2.45, 2.75) is 37.8 Å². The Kier molecular flexibility index (Phi) is 6.09. The molecule has 2 aromatic carbocycles. The maximum absolute atomic E-state index is 13.4. The number of nitrogens with zero attached hydrogens (tertiary/aromatic N) is 2. The number of benzene rings is 2. The Morgan fingerprint density at radius 2 is 1.87 bits per heavy atom. The van der Waals surface area contributed by atoms with Crippen LogP contribution in [0.4, 0.5) is 4.39 Å². The molecule has 30 heavy (non-hydrogen) atoms. The Balaban J connectivity index is 1.73. The first kappa shape index (κ1) is 20.8. The van der Waals surface area contributed by atoms with Crippen molar-refractivity contribution >= 4 is 29.1 Å². The van der Waals surface area contributed by atoms with Crippen LogP contribution in [0.3, 0.4) is 0 Å². The lowest BCUT2D eigenvalue weighted by Crippen LogP contribution is -2.45. The first-order chi connectivity index (χ1) is 14.4. The molecular formula is C22H20Cl2FN3O2.